The summed E-state index contributed by atoms with van der Waals surface area (Å²) in [6.07, 6.45) is 5.07. The molecule has 0 aliphatic carbocycles. The van der Waals surface area contributed by atoms with E-state index < -0.39 is 0 Å². The first-order valence-corrected chi connectivity index (χ1v) is 7.91. The number of para-hydroxylation sites is 1. The summed E-state index contributed by atoms with van der Waals surface area (Å²) in [5.74, 6) is 1.06. The number of nitrogens with zero attached hydrogens (tertiary/aromatic N) is 1. The number of hydrogen-bond acceptors (Lipinski definition) is 3. The van der Waals surface area contributed by atoms with E-state index in [2.05, 4.69) is 41.4 Å². The van der Waals surface area contributed by atoms with Crippen LogP contribution in [0.2, 0.25) is 0 Å². The standard InChI is InChI=1S/C18H24N2O/c1-15(14-17-7-4-13-21-17)19-10-5-11-20-12-9-16-6-2-3-8-18(16)20/h2-4,6-8,13,15,19H,5,9-12,14H2,1H3. The second kappa shape index (κ2) is 6.81. The van der Waals surface area contributed by atoms with E-state index in [9.17, 15) is 0 Å². The van der Waals surface area contributed by atoms with Crippen molar-refractivity contribution in [1.29, 1.82) is 0 Å². The Morgan fingerprint density at radius 1 is 1.24 bits per heavy atom. The molecule has 0 saturated heterocycles. The van der Waals surface area contributed by atoms with Crippen molar-refractivity contribution in [2.75, 3.05) is 24.5 Å². The predicted octanol–water partition coefficient (Wildman–Crippen LogP) is 3.25. The third kappa shape index (κ3) is 3.67. The van der Waals surface area contributed by atoms with Crippen LogP contribution in [0.4, 0.5) is 5.69 Å². The minimum Gasteiger partial charge on any atom is -0.469 e. The molecule has 21 heavy (non-hydrogen) atoms. The maximum Gasteiger partial charge on any atom is 0.105 e. The third-order valence-electron chi connectivity index (χ3n) is 4.17. The Labute approximate surface area is 127 Å². The van der Waals surface area contributed by atoms with E-state index in [4.69, 9.17) is 4.42 Å². The molecule has 1 N–H and O–H groups in total. The van der Waals surface area contributed by atoms with E-state index in [0.717, 1.165) is 25.3 Å². The van der Waals surface area contributed by atoms with Gasteiger partial charge in [0.1, 0.15) is 5.76 Å². The number of rotatable bonds is 7. The molecule has 1 aliphatic rings. The summed E-state index contributed by atoms with van der Waals surface area (Å²) in [6.45, 7) is 5.58. The molecule has 1 aromatic heterocycles. The van der Waals surface area contributed by atoms with Crippen molar-refractivity contribution in [3.8, 4) is 0 Å². The summed E-state index contributed by atoms with van der Waals surface area (Å²) in [4.78, 5) is 2.51. The maximum absolute atomic E-state index is 5.38. The Morgan fingerprint density at radius 2 is 2.14 bits per heavy atom. The molecule has 112 valence electrons. The van der Waals surface area contributed by atoms with Gasteiger partial charge in [-0.05, 0) is 50.1 Å². The number of fused-ring (bicyclic) bond motifs is 1. The Kier molecular flexibility index (Phi) is 4.61. The van der Waals surface area contributed by atoms with Gasteiger partial charge in [-0.2, -0.15) is 0 Å². The molecule has 0 bridgehead atoms. The fourth-order valence-corrected chi connectivity index (χ4v) is 3.06. The van der Waals surface area contributed by atoms with E-state index >= 15 is 0 Å². The van der Waals surface area contributed by atoms with Gasteiger partial charge in [0.15, 0.2) is 0 Å². The van der Waals surface area contributed by atoms with E-state index in [-0.39, 0.29) is 0 Å². The molecular formula is C18H24N2O. The zero-order valence-corrected chi connectivity index (χ0v) is 12.7. The van der Waals surface area contributed by atoms with Crippen molar-refractivity contribution in [2.24, 2.45) is 0 Å². The number of anilines is 1. The highest BCUT2D eigenvalue weighted by Gasteiger charge is 2.17. The van der Waals surface area contributed by atoms with Crippen molar-refractivity contribution in [3.63, 3.8) is 0 Å². The van der Waals surface area contributed by atoms with Crippen LogP contribution in [0.15, 0.2) is 47.1 Å². The first-order valence-electron chi connectivity index (χ1n) is 7.91. The van der Waals surface area contributed by atoms with Crippen molar-refractivity contribution < 1.29 is 4.42 Å². The SMILES string of the molecule is CC(Cc1ccco1)NCCCN1CCc2ccccc21. The molecule has 2 aromatic rings. The molecule has 1 aromatic carbocycles. The topological polar surface area (TPSA) is 28.4 Å². The van der Waals surface area contributed by atoms with Crippen molar-refractivity contribution in [1.82, 2.24) is 5.32 Å². The number of hydrogen-bond donors (Lipinski definition) is 1. The van der Waals surface area contributed by atoms with Gasteiger partial charge in [0.05, 0.1) is 6.26 Å². The summed E-state index contributed by atoms with van der Waals surface area (Å²) in [5, 5.41) is 3.58. The molecule has 0 amide bonds. The molecular weight excluding hydrogens is 260 g/mol. The summed E-state index contributed by atoms with van der Waals surface area (Å²) < 4.78 is 5.38. The number of benzene rings is 1. The fraction of sp³-hybridized carbons (Fsp3) is 0.444. The fourth-order valence-electron chi connectivity index (χ4n) is 3.06. The van der Waals surface area contributed by atoms with Crippen LogP contribution in [-0.2, 0) is 12.8 Å². The number of nitrogens with one attached hydrogen (secondary N) is 1. The predicted molar refractivity (Wildman–Crippen MR) is 86.9 cm³/mol. The van der Waals surface area contributed by atoms with Gasteiger partial charge in [-0.3, -0.25) is 0 Å². The first-order chi connectivity index (χ1) is 10.3. The summed E-state index contributed by atoms with van der Waals surface area (Å²) in [5.41, 5.74) is 2.93. The Bertz CT molecular complexity index is 550. The molecule has 0 saturated carbocycles. The van der Waals surface area contributed by atoms with Gasteiger partial charge in [0.25, 0.3) is 0 Å². The zero-order chi connectivity index (χ0) is 14.5. The minimum atomic E-state index is 0.460. The molecule has 0 fully saturated rings. The average molecular weight is 284 g/mol. The Hall–Kier alpha value is -1.74. The zero-order valence-electron chi connectivity index (χ0n) is 12.7. The molecule has 1 atom stereocenters. The van der Waals surface area contributed by atoms with E-state index in [1.807, 2.05) is 12.1 Å². The van der Waals surface area contributed by atoms with Gasteiger partial charge in [-0.1, -0.05) is 18.2 Å². The van der Waals surface area contributed by atoms with Gasteiger partial charge in [0, 0.05) is 31.2 Å². The third-order valence-corrected chi connectivity index (χ3v) is 4.17. The normalized spacial score (nSPS) is 15.2. The molecule has 3 heteroatoms. The van der Waals surface area contributed by atoms with E-state index in [1.165, 1.54) is 30.6 Å². The van der Waals surface area contributed by atoms with Crippen LogP contribution in [0, 0.1) is 0 Å². The van der Waals surface area contributed by atoms with Gasteiger partial charge in [-0.15, -0.1) is 0 Å². The molecule has 0 radical (unpaired) electrons. The summed E-state index contributed by atoms with van der Waals surface area (Å²) in [7, 11) is 0. The van der Waals surface area contributed by atoms with Gasteiger partial charge >= 0.3 is 0 Å². The second-order valence-electron chi connectivity index (χ2n) is 5.86. The smallest absolute Gasteiger partial charge is 0.105 e. The van der Waals surface area contributed by atoms with Crippen molar-refractivity contribution in [2.45, 2.75) is 32.2 Å². The molecule has 0 spiro atoms. The highest BCUT2D eigenvalue weighted by atomic mass is 16.3. The molecule has 1 aliphatic heterocycles. The quantitative estimate of drug-likeness (QED) is 0.791. The van der Waals surface area contributed by atoms with Crippen LogP contribution in [-0.4, -0.2) is 25.7 Å². The van der Waals surface area contributed by atoms with Gasteiger partial charge in [-0.25, -0.2) is 0 Å². The lowest BCUT2D eigenvalue weighted by Gasteiger charge is -2.20. The van der Waals surface area contributed by atoms with Crippen LogP contribution >= 0.6 is 0 Å². The molecule has 3 rings (SSSR count). The van der Waals surface area contributed by atoms with Crippen LogP contribution < -0.4 is 10.2 Å². The van der Waals surface area contributed by atoms with E-state index in [0.29, 0.717) is 6.04 Å². The lowest BCUT2D eigenvalue weighted by Crippen LogP contribution is -2.31. The Balaban J connectivity index is 1.37. The molecule has 1 unspecified atom stereocenters. The monoisotopic (exact) mass is 284 g/mol. The lowest BCUT2D eigenvalue weighted by molar-refractivity contribution is 0.455. The highest BCUT2D eigenvalue weighted by Crippen LogP contribution is 2.27. The highest BCUT2D eigenvalue weighted by molar-refractivity contribution is 5.57. The largest absolute Gasteiger partial charge is 0.469 e. The summed E-state index contributed by atoms with van der Waals surface area (Å²) in [6, 6.07) is 13.2. The van der Waals surface area contributed by atoms with Crippen LogP contribution in [0.25, 0.3) is 0 Å². The van der Waals surface area contributed by atoms with Crippen LogP contribution in [0.3, 0.4) is 0 Å². The van der Waals surface area contributed by atoms with Crippen molar-refractivity contribution >= 4 is 5.69 Å². The average Bonchev–Trinajstić information content (AvgIpc) is 3.13. The molecule has 2 heterocycles. The maximum atomic E-state index is 5.38. The lowest BCUT2D eigenvalue weighted by atomic mass is 10.2. The van der Waals surface area contributed by atoms with Crippen molar-refractivity contribution in [3.05, 3.63) is 54.0 Å². The minimum absolute atomic E-state index is 0.460. The molecule has 3 nitrogen and oxygen atoms in total. The summed E-state index contributed by atoms with van der Waals surface area (Å²) >= 11 is 0. The van der Waals surface area contributed by atoms with Crippen LogP contribution in [0.1, 0.15) is 24.7 Å². The second-order valence-corrected chi connectivity index (χ2v) is 5.86. The number of furan rings is 1. The van der Waals surface area contributed by atoms with Gasteiger partial charge < -0.3 is 14.6 Å². The van der Waals surface area contributed by atoms with Gasteiger partial charge in [0.2, 0.25) is 0 Å². The van der Waals surface area contributed by atoms with E-state index in [1.54, 1.807) is 6.26 Å². The first kappa shape index (κ1) is 14.2. The van der Waals surface area contributed by atoms with Crippen LogP contribution in [0.5, 0.6) is 0 Å². The Morgan fingerprint density at radius 3 is 3.00 bits per heavy atom.